The lowest BCUT2D eigenvalue weighted by Gasteiger charge is -2.10. The minimum absolute atomic E-state index is 0.127. The highest BCUT2D eigenvalue weighted by molar-refractivity contribution is 9.10. The summed E-state index contributed by atoms with van der Waals surface area (Å²) in [5.74, 6) is 0.398. The molecule has 6 heteroatoms. The number of fused-ring (bicyclic) bond motifs is 1. The molecule has 0 bridgehead atoms. The molecule has 0 spiro atoms. The average molecular weight is 310 g/mol. The molecule has 1 unspecified atom stereocenters. The number of ether oxygens (including phenoxy) is 1. The lowest BCUT2D eigenvalue weighted by Crippen LogP contribution is -2.27. The number of aromatic amines is 1. The molecular formula is C12H12BrN3O2. The maximum absolute atomic E-state index is 11.9. The van der Waals surface area contributed by atoms with Gasteiger partial charge in [-0.1, -0.05) is 0 Å². The standard InChI is InChI=1S/C12H12BrN3O2/c13-8-6-10(15-11-7(8)3-4-14-11)16-12(17)9-2-1-5-18-9/h3-4,6,9H,1-2,5H2,(H2,14,15,16,17). The van der Waals surface area contributed by atoms with Gasteiger partial charge < -0.3 is 15.0 Å². The molecule has 1 aliphatic heterocycles. The summed E-state index contributed by atoms with van der Waals surface area (Å²) in [5.41, 5.74) is 0.743. The second-order valence-corrected chi connectivity index (χ2v) is 5.07. The van der Waals surface area contributed by atoms with E-state index in [-0.39, 0.29) is 12.0 Å². The third kappa shape index (κ3) is 2.13. The molecule has 0 aromatic carbocycles. The van der Waals surface area contributed by atoms with Crippen molar-refractivity contribution in [2.75, 3.05) is 11.9 Å². The summed E-state index contributed by atoms with van der Waals surface area (Å²) in [6.45, 7) is 0.658. The van der Waals surface area contributed by atoms with E-state index in [9.17, 15) is 4.79 Å². The van der Waals surface area contributed by atoms with Crippen LogP contribution in [0.15, 0.2) is 22.8 Å². The second-order valence-electron chi connectivity index (χ2n) is 4.22. The van der Waals surface area contributed by atoms with Crippen LogP contribution in [0.5, 0.6) is 0 Å². The van der Waals surface area contributed by atoms with Crippen LogP contribution < -0.4 is 5.32 Å². The van der Waals surface area contributed by atoms with E-state index in [0.717, 1.165) is 28.3 Å². The number of nitrogens with zero attached hydrogens (tertiary/aromatic N) is 1. The minimum Gasteiger partial charge on any atom is -0.368 e. The fraction of sp³-hybridized carbons (Fsp3) is 0.333. The summed E-state index contributed by atoms with van der Waals surface area (Å²) >= 11 is 3.46. The maximum Gasteiger partial charge on any atom is 0.254 e. The molecule has 0 saturated carbocycles. The number of amides is 1. The lowest BCUT2D eigenvalue weighted by atomic mass is 10.2. The smallest absolute Gasteiger partial charge is 0.254 e. The van der Waals surface area contributed by atoms with Crippen LogP contribution in [0.1, 0.15) is 12.8 Å². The SMILES string of the molecule is O=C(Nc1cc(Br)c2cc[nH]c2n1)C1CCCO1. The molecule has 1 aliphatic rings. The first-order valence-corrected chi connectivity index (χ1v) is 6.59. The van der Waals surface area contributed by atoms with Crippen LogP contribution in [0.4, 0.5) is 5.82 Å². The Bertz CT molecular complexity index is 590. The van der Waals surface area contributed by atoms with Crippen molar-refractivity contribution in [3.05, 3.63) is 22.8 Å². The van der Waals surface area contributed by atoms with E-state index in [0.29, 0.717) is 12.4 Å². The minimum atomic E-state index is -0.343. The molecule has 3 heterocycles. The lowest BCUT2D eigenvalue weighted by molar-refractivity contribution is -0.124. The molecule has 3 rings (SSSR count). The van der Waals surface area contributed by atoms with Crippen molar-refractivity contribution >= 4 is 38.7 Å². The molecule has 2 aromatic heterocycles. The van der Waals surface area contributed by atoms with Crippen molar-refractivity contribution in [3.8, 4) is 0 Å². The predicted octanol–water partition coefficient (Wildman–Crippen LogP) is 2.44. The van der Waals surface area contributed by atoms with Crippen molar-refractivity contribution in [1.29, 1.82) is 0 Å². The molecule has 2 aromatic rings. The Labute approximate surface area is 112 Å². The van der Waals surface area contributed by atoms with E-state index >= 15 is 0 Å². The zero-order valence-corrected chi connectivity index (χ0v) is 11.2. The highest BCUT2D eigenvalue weighted by atomic mass is 79.9. The Morgan fingerprint density at radius 2 is 2.50 bits per heavy atom. The van der Waals surface area contributed by atoms with Gasteiger partial charge in [-0.15, -0.1) is 0 Å². The Morgan fingerprint density at radius 1 is 1.61 bits per heavy atom. The van der Waals surface area contributed by atoms with E-state index in [2.05, 4.69) is 31.2 Å². The number of rotatable bonds is 2. The second kappa shape index (κ2) is 4.70. The quantitative estimate of drug-likeness (QED) is 0.895. The van der Waals surface area contributed by atoms with E-state index < -0.39 is 0 Å². The van der Waals surface area contributed by atoms with Gasteiger partial charge in [-0.25, -0.2) is 4.98 Å². The number of hydrogen-bond acceptors (Lipinski definition) is 3. The van der Waals surface area contributed by atoms with E-state index in [1.54, 1.807) is 6.07 Å². The Kier molecular flexibility index (Phi) is 3.05. The van der Waals surface area contributed by atoms with Crippen molar-refractivity contribution in [1.82, 2.24) is 9.97 Å². The van der Waals surface area contributed by atoms with Crippen LogP contribution in [0, 0.1) is 0 Å². The fourth-order valence-corrected chi connectivity index (χ4v) is 2.59. The van der Waals surface area contributed by atoms with Crippen LogP contribution in [0.3, 0.4) is 0 Å². The number of carbonyl (C=O) groups excluding carboxylic acids is 1. The number of anilines is 1. The molecule has 0 aliphatic carbocycles. The third-order valence-electron chi connectivity index (χ3n) is 2.95. The molecule has 1 saturated heterocycles. The van der Waals surface area contributed by atoms with Gasteiger partial charge in [0.05, 0.1) is 0 Å². The van der Waals surface area contributed by atoms with E-state index in [1.165, 1.54) is 0 Å². The van der Waals surface area contributed by atoms with Crippen molar-refractivity contribution in [2.45, 2.75) is 18.9 Å². The number of nitrogens with one attached hydrogen (secondary N) is 2. The molecule has 1 fully saturated rings. The normalized spacial score (nSPS) is 19.3. The predicted molar refractivity (Wildman–Crippen MR) is 71.4 cm³/mol. The first-order chi connectivity index (χ1) is 8.74. The number of aromatic nitrogens is 2. The van der Waals surface area contributed by atoms with Crippen LogP contribution >= 0.6 is 15.9 Å². The van der Waals surface area contributed by atoms with E-state index in [1.807, 2.05) is 12.3 Å². The van der Waals surface area contributed by atoms with Crippen molar-refractivity contribution < 1.29 is 9.53 Å². The number of carbonyl (C=O) groups is 1. The maximum atomic E-state index is 11.9. The number of halogens is 1. The largest absolute Gasteiger partial charge is 0.368 e. The highest BCUT2D eigenvalue weighted by Crippen LogP contribution is 2.25. The van der Waals surface area contributed by atoms with Crippen LogP contribution in [-0.4, -0.2) is 28.6 Å². The summed E-state index contributed by atoms with van der Waals surface area (Å²) in [7, 11) is 0. The zero-order chi connectivity index (χ0) is 12.5. The molecular weight excluding hydrogens is 298 g/mol. The molecule has 18 heavy (non-hydrogen) atoms. The van der Waals surface area contributed by atoms with Gasteiger partial charge in [0.1, 0.15) is 17.6 Å². The van der Waals surface area contributed by atoms with Crippen molar-refractivity contribution in [2.24, 2.45) is 0 Å². The number of hydrogen-bond donors (Lipinski definition) is 2. The van der Waals surface area contributed by atoms with Crippen LogP contribution in [0.2, 0.25) is 0 Å². The third-order valence-corrected chi connectivity index (χ3v) is 3.61. The summed E-state index contributed by atoms with van der Waals surface area (Å²) in [4.78, 5) is 19.3. The van der Waals surface area contributed by atoms with Gasteiger partial charge in [-0.05, 0) is 40.9 Å². The number of H-pyrrole nitrogens is 1. The van der Waals surface area contributed by atoms with E-state index in [4.69, 9.17) is 4.74 Å². The molecule has 2 N–H and O–H groups in total. The Morgan fingerprint density at radius 3 is 3.28 bits per heavy atom. The summed E-state index contributed by atoms with van der Waals surface area (Å²) < 4.78 is 6.23. The average Bonchev–Trinajstić information content (AvgIpc) is 2.99. The van der Waals surface area contributed by atoms with Crippen LogP contribution in [-0.2, 0) is 9.53 Å². The number of pyridine rings is 1. The van der Waals surface area contributed by atoms with Gasteiger partial charge in [-0.2, -0.15) is 0 Å². The van der Waals surface area contributed by atoms with Crippen LogP contribution in [0.25, 0.3) is 11.0 Å². The summed E-state index contributed by atoms with van der Waals surface area (Å²) in [5, 5.41) is 3.77. The van der Waals surface area contributed by atoms with Gasteiger partial charge in [0, 0.05) is 22.7 Å². The molecule has 1 atom stereocenters. The van der Waals surface area contributed by atoms with Gasteiger partial charge >= 0.3 is 0 Å². The molecule has 0 radical (unpaired) electrons. The molecule has 5 nitrogen and oxygen atoms in total. The van der Waals surface area contributed by atoms with Gasteiger partial charge in [0.25, 0.3) is 5.91 Å². The molecule has 94 valence electrons. The summed E-state index contributed by atoms with van der Waals surface area (Å²) in [6, 6.07) is 3.72. The topological polar surface area (TPSA) is 67.0 Å². The first kappa shape index (κ1) is 11.7. The first-order valence-electron chi connectivity index (χ1n) is 5.80. The van der Waals surface area contributed by atoms with Gasteiger partial charge in [0.2, 0.25) is 0 Å². The zero-order valence-electron chi connectivity index (χ0n) is 9.57. The highest BCUT2D eigenvalue weighted by Gasteiger charge is 2.24. The molecule has 1 amide bonds. The van der Waals surface area contributed by atoms with Crippen molar-refractivity contribution in [3.63, 3.8) is 0 Å². The van der Waals surface area contributed by atoms with Gasteiger partial charge in [-0.3, -0.25) is 4.79 Å². The van der Waals surface area contributed by atoms with Gasteiger partial charge in [0.15, 0.2) is 0 Å². The Balaban J connectivity index is 1.83. The summed E-state index contributed by atoms with van der Waals surface area (Å²) in [6.07, 6.45) is 3.18. The Hall–Kier alpha value is -1.40. The monoisotopic (exact) mass is 309 g/mol. The fourth-order valence-electron chi connectivity index (χ4n) is 2.05.